The van der Waals surface area contributed by atoms with E-state index in [-0.39, 0.29) is 5.41 Å². The molecule has 7 heteroatoms. The Morgan fingerprint density at radius 1 is 0.862 bits per heavy atom. The van der Waals surface area contributed by atoms with Gasteiger partial charge in [0.15, 0.2) is 5.82 Å². The number of hydrogen-bond donors (Lipinski definition) is 1. The summed E-state index contributed by atoms with van der Waals surface area (Å²) in [6.07, 6.45) is 3.57. The molecule has 0 spiro atoms. The van der Waals surface area contributed by atoms with Gasteiger partial charge in [0.05, 0.1) is 6.20 Å². The van der Waals surface area contributed by atoms with Gasteiger partial charge in [0.1, 0.15) is 5.82 Å². The molecule has 150 valence electrons. The van der Waals surface area contributed by atoms with E-state index in [4.69, 9.17) is 4.98 Å². The predicted molar refractivity (Wildman–Crippen MR) is 117 cm³/mol. The largest absolute Gasteiger partial charge is 0.353 e. The smallest absolute Gasteiger partial charge is 0.249 e. The summed E-state index contributed by atoms with van der Waals surface area (Å²) in [5.74, 6) is 2.39. The van der Waals surface area contributed by atoms with Crippen LogP contribution in [-0.4, -0.2) is 46.3 Å². The number of pyridine rings is 1. The summed E-state index contributed by atoms with van der Waals surface area (Å²) < 4.78 is 0. The SMILES string of the molecule is CC(C)(C)c1ccccc1Nc1nncc(N2CCN(c3ccccn3)CC2)n1. The topological polar surface area (TPSA) is 70.1 Å². The summed E-state index contributed by atoms with van der Waals surface area (Å²) in [6, 6.07) is 14.3. The Kier molecular flexibility index (Phi) is 5.29. The molecule has 1 aromatic carbocycles. The number of anilines is 4. The number of hydrogen-bond acceptors (Lipinski definition) is 7. The van der Waals surface area contributed by atoms with E-state index in [0.717, 1.165) is 43.5 Å². The zero-order valence-electron chi connectivity index (χ0n) is 17.2. The number of aromatic nitrogens is 4. The summed E-state index contributed by atoms with van der Waals surface area (Å²) in [6.45, 7) is 10.1. The molecule has 0 atom stereocenters. The molecular formula is C22H27N7. The van der Waals surface area contributed by atoms with Crippen molar-refractivity contribution in [2.45, 2.75) is 26.2 Å². The van der Waals surface area contributed by atoms with E-state index >= 15 is 0 Å². The Bertz CT molecular complexity index is 945. The number of rotatable bonds is 4. The van der Waals surface area contributed by atoms with E-state index < -0.39 is 0 Å². The van der Waals surface area contributed by atoms with E-state index in [2.05, 4.69) is 75.3 Å². The maximum atomic E-state index is 4.72. The minimum atomic E-state index is 0.0242. The van der Waals surface area contributed by atoms with Gasteiger partial charge in [0.25, 0.3) is 0 Å². The number of nitrogens with zero attached hydrogens (tertiary/aromatic N) is 6. The average molecular weight is 390 g/mol. The van der Waals surface area contributed by atoms with Crippen LogP contribution in [0.1, 0.15) is 26.3 Å². The number of piperazine rings is 1. The molecular weight excluding hydrogens is 362 g/mol. The Morgan fingerprint density at radius 3 is 2.24 bits per heavy atom. The molecule has 0 aliphatic carbocycles. The lowest BCUT2D eigenvalue weighted by molar-refractivity contribution is 0.592. The number of para-hydroxylation sites is 1. The van der Waals surface area contributed by atoms with Gasteiger partial charge in [-0.05, 0) is 29.2 Å². The molecule has 1 aliphatic rings. The molecule has 29 heavy (non-hydrogen) atoms. The lowest BCUT2D eigenvalue weighted by Crippen LogP contribution is -2.47. The first kappa shape index (κ1) is 19.1. The van der Waals surface area contributed by atoms with E-state index in [9.17, 15) is 0 Å². The zero-order valence-corrected chi connectivity index (χ0v) is 17.2. The standard InChI is InChI=1S/C22H27N7/c1-22(2,3)17-8-4-5-9-18(17)25-21-26-20(16-24-27-21)29-14-12-28(13-15-29)19-10-6-7-11-23-19/h4-11,16H,12-15H2,1-3H3,(H,25,26,27). The zero-order chi connectivity index (χ0) is 20.3. The van der Waals surface area contributed by atoms with Crippen molar-refractivity contribution in [3.05, 3.63) is 60.4 Å². The molecule has 1 fully saturated rings. The van der Waals surface area contributed by atoms with Crippen molar-refractivity contribution in [3.8, 4) is 0 Å². The van der Waals surface area contributed by atoms with Crippen LogP contribution in [0.3, 0.4) is 0 Å². The lowest BCUT2D eigenvalue weighted by atomic mass is 9.86. The molecule has 1 N–H and O–H groups in total. The van der Waals surface area contributed by atoms with E-state index in [1.165, 1.54) is 5.56 Å². The highest BCUT2D eigenvalue weighted by Gasteiger charge is 2.21. The van der Waals surface area contributed by atoms with Crippen molar-refractivity contribution in [2.24, 2.45) is 0 Å². The number of benzene rings is 1. The van der Waals surface area contributed by atoms with Crippen LogP contribution < -0.4 is 15.1 Å². The van der Waals surface area contributed by atoms with Crippen LogP contribution >= 0.6 is 0 Å². The van der Waals surface area contributed by atoms with Gasteiger partial charge >= 0.3 is 0 Å². The molecule has 4 rings (SSSR count). The van der Waals surface area contributed by atoms with Crippen LogP contribution in [0.15, 0.2) is 54.9 Å². The molecule has 0 bridgehead atoms. The van der Waals surface area contributed by atoms with Gasteiger partial charge in [0, 0.05) is 38.1 Å². The third-order valence-corrected chi connectivity index (χ3v) is 5.10. The third-order valence-electron chi connectivity index (χ3n) is 5.10. The second-order valence-corrected chi connectivity index (χ2v) is 8.22. The summed E-state index contributed by atoms with van der Waals surface area (Å²) in [5, 5.41) is 11.7. The van der Waals surface area contributed by atoms with Gasteiger partial charge in [-0.15, -0.1) is 5.10 Å². The fraction of sp³-hybridized carbons (Fsp3) is 0.364. The molecule has 3 aromatic rings. The van der Waals surface area contributed by atoms with Crippen LogP contribution in [0.5, 0.6) is 0 Å². The van der Waals surface area contributed by atoms with Gasteiger partial charge in [-0.2, -0.15) is 10.1 Å². The maximum absolute atomic E-state index is 4.72. The fourth-order valence-corrected chi connectivity index (χ4v) is 3.57. The van der Waals surface area contributed by atoms with Crippen LogP contribution in [0.2, 0.25) is 0 Å². The van der Waals surface area contributed by atoms with E-state index in [1.807, 2.05) is 24.4 Å². The van der Waals surface area contributed by atoms with Crippen molar-refractivity contribution in [3.63, 3.8) is 0 Å². The summed E-state index contributed by atoms with van der Waals surface area (Å²) >= 11 is 0. The lowest BCUT2D eigenvalue weighted by Gasteiger charge is -2.35. The van der Waals surface area contributed by atoms with Crippen molar-refractivity contribution in [1.82, 2.24) is 20.2 Å². The molecule has 1 saturated heterocycles. The fourth-order valence-electron chi connectivity index (χ4n) is 3.57. The predicted octanol–water partition coefficient (Wildman–Crippen LogP) is 3.63. The van der Waals surface area contributed by atoms with Gasteiger partial charge in [0.2, 0.25) is 5.95 Å². The molecule has 0 amide bonds. The average Bonchev–Trinajstić information content (AvgIpc) is 2.74. The van der Waals surface area contributed by atoms with Crippen LogP contribution in [0.4, 0.5) is 23.3 Å². The minimum Gasteiger partial charge on any atom is -0.353 e. The highest BCUT2D eigenvalue weighted by Crippen LogP contribution is 2.30. The van der Waals surface area contributed by atoms with Crippen molar-refractivity contribution < 1.29 is 0 Å². The maximum Gasteiger partial charge on any atom is 0.249 e. The Balaban J connectivity index is 1.47. The van der Waals surface area contributed by atoms with Gasteiger partial charge < -0.3 is 15.1 Å². The summed E-state index contributed by atoms with van der Waals surface area (Å²) in [5.41, 5.74) is 2.26. The quantitative estimate of drug-likeness (QED) is 0.730. The Labute approximate surface area is 171 Å². The Hall–Kier alpha value is -3.22. The van der Waals surface area contributed by atoms with E-state index in [0.29, 0.717) is 5.95 Å². The van der Waals surface area contributed by atoms with Crippen LogP contribution in [0, 0.1) is 0 Å². The van der Waals surface area contributed by atoms with Crippen molar-refractivity contribution in [1.29, 1.82) is 0 Å². The first-order valence-corrected chi connectivity index (χ1v) is 9.98. The molecule has 7 nitrogen and oxygen atoms in total. The molecule has 3 heterocycles. The molecule has 0 unspecified atom stereocenters. The minimum absolute atomic E-state index is 0.0242. The summed E-state index contributed by atoms with van der Waals surface area (Å²) in [4.78, 5) is 13.7. The third kappa shape index (κ3) is 4.45. The highest BCUT2D eigenvalue weighted by molar-refractivity contribution is 5.61. The van der Waals surface area contributed by atoms with Crippen LogP contribution in [-0.2, 0) is 5.41 Å². The molecule has 0 saturated carbocycles. The summed E-state index contributed by atoms with van der Waals surface area (Å²) in [7, 11) is 0. The molecule has 2 aromatic heterocycles. The van der Waals surface area contributed by atoms with Gasteiger partial charge in [-0.3, -0.25) is 0 Å². The molecule has 1 aliphatic heterocycles. The highest BCUT2D eigenvalue weighted by atomic mass is 15.3. The van der Waals surface area contributed by atoms with Crippen molar-refractivity contribution in [2.75, 3.05) is 41.3 Å². The second-order valence-electron chi connectivity index (χ2n) is 8.22. The van der Waals surface area contributed by atoms with Gasteiger partial charge in [-0.25, -0.2) is 4.98 Å². The molecule has 0 radical (unpaired) electrons. The Morgan fingerprint density at radius 2 is 1.55 bits per heavy atom. The first-order chi connectivity index (χ1) is 14.0. The van der Waals surface area contributed by atoms with E-state index in [1.54, 1.807) is 6.20 Å². The monoisotopic (exact) mass is 389 g/mol. The van der Waals surface area contributed by atoms with Crippen LogP contribution in [0.25, 0.3) is 0 Å². The second kappa shape index (κ2) is 8.03. The number of nitrogens with one attached hydrogen (secondary N) is 1. The first-order valence-electron chi connectivity index (χ1n) is 9.98. The normalized spacial score (nSPS) is 14.7. The van der Waals surface area contributed by atoms with Crippen molar-refractivity contribution >= 4 is 23.3 Å². The van der Waals surface area contributed by atoms with Gasteiger partial charge in [-0.1, -0.05) is 45.0 Å².